The van der Waals surface area contributed by atoms with Crippen molar-refractivity contribution < 1.29 is 13.2 Å². The van der Waals surface area contributed by atoms with Crippen LogP contribution >= 0.6 is 0 Å². The van der Waals surface area contributed by atoms with E-state index in [0.29, 0.717) is 23.4 Å². The monoisotopic (exact) mass is 460 g/mol. The number of aryl methyl sites for hydroxylation is 2. The van der Waals surface area contributed by atoms with Crippen LogP contribution in [0.25, 0.3) is 5.69 Å². The zero-order chi connectivity index (χ0) is 23.4. The summed E-state index contributed by atoms with van der Waals surface area (Å²) in [5.41, 5.74) is 4.26. The van der Waals surface area contributed by atoms with Gasteiger partial charge >= 0.3 is 0 Å². The summed E-state index contributed by atoms with van der Waals surface area (Å²) >= 11 is 0. The molecule has 2 N–H and O–H groups in total. The first kappa shape index (κ1) is 22.3. The molecular weight excluding hydrogens is 436 g/mol. The van der Waals surface area contributed by atoms with E-state index in [2.05, 4.69) is 15.0 Å². The lowest BCUT2D eigenvalue weighted by molar-refractivity contribution is 0.0951. The van der Waals surface area contributed by atoms with Gasteiger partial charge in [-0.3, -0.25) is 9.52 Å². The molecule has 0 aliphatic carbocycles. The summed E-state index contributed by atoms with van der Waals surface area (Å²) in [5.74, 6) is -0.300. The van der Waals surface area contributed by atoms with Crippen molar-refractivity contribution in [1.82, 2.24) is 14.9 Å². The Morgan fingerprint density at radius 2 is 1.76 bits per heavy atom. The molecule has 4 rings (SSSR count). The zero-order valence-corrected chi connectivity index (χ0v) is 19.1. The fraction of sp³-hybridized carbons (Fsp3) is 0.120. The second-order valence-electron chi connectivity index (χ2n) is 7.73. The van der Waals surface area contributed by atoms with Gasteiger partial charge < -0.3 is 9.88 Å². The van der Waals surface area contributed by atoms with Crippen LogP contribution in [0.5, 0.6) is 0 Å². The fourth-order valence-electron chi connectivity index (χ4n) is 3.39. The molecule has 33 heavy (non-hydrogen) atoms. The molecule has 7 nitrogen and oxygen atoms in total. The maximum absolute atomic E-state index is 12.8. The molecule has 8 heteroatoms. The molecule has 0 aliphatic rings. The van der Waals surface area contributed by atoms with Crippen LogP contribution in [-0.2, 0) is 16.6 Å². The Labute approximate surface area is 193 Å². The Morgan fingerprint density at radius 3 is 2.48 bits per heavy atom. The number of sulfonamides is 1. The summed E-state index contributed by atoms with van der Waals surface area (Å²) in [5, 5.41) is 2.92. The molecule has 1 aromatic heterocycles. The van der Waals surface area contributed by atoms with E-state index < -0.39 is 10.0 Å². The van der Waals surface area contributed by atoms with Gasteiger partial charge in [-0.1, -0.05) is 42.0 Å². The number of anilines is 1. The van der Waals surface area contributed by atoms with Gasteiger partial charge in [-0.2, -0.15) is 0 Å². The maximum atomic E-state index is 12.8. The Kier molecular flexibility index (Phi) is 6.28. The summed E-state index contributed by atoms with van der Waals surface area (Å²) < 4.78 is 30.1. The number of carbonyl (C=O) groups excluding carboxylic acids is 1. The summed E-state index contributed by atoms with van der Waals surface area (Å²) in [6, 6.07) is 19.3. The average Bonchev–Trinajstić information content (AvgIpc) is 3.34. The van der Waals surface area contributed by atoms with Crippen LogP contribution in [0.2, 0.25) is 0 Å². The van der Waals surface area contributed by atoms with Crippen LogP contribution in [0.4, 0.5) is 5.69 Å². The number of para-hydroxylation sites is 1. The maximum Gasteiger partial charge on any atom is 0.261 e. The van der Waals surface area contributed by atoms with Crippen molar-refractivity contribution in [2.24, 2.45) is 0 Å². The second-order valence-corrected chi connectivity index (χ2v) is 9.41. The number of hydrogen-bond donors (Lipinski definition) is 2. The van der Waals surface area contributed by atoms with Gasteiger partial charge in [0.1, 0.15) is 0 Å². The normalized spacial score (nSPS) is 11.2. The molecule has 0 unspecified atom stereocenters. The molecule has 0 atom stereocenters. The van der Waals surface area contributed by atoms with Gasteiger partial charge in [0, 0.05) is 24.5 Å². The second kappa shape index (κ2) is 9.30. The minimum atomic E-state index is -3.77. The van der Waals surface area contributed by atoms with E-state index in [1.165, 1.54) is 0 Å². The molecule has 0 aliphatic heterocycles. The first-order valence-electron chi connectivity index (χ1n) is 10.4. The van der Waals surface area contributed by atoms with E-state index in [0.717, 1.165) is 16.8 Å². The van der Waals surface area contributed by atoms with Crippen molar-refractivity contribution in [2.45, 2.75) is 25.3 Å². The van der Waals surface area contributed by atoms with Crippen molar-refractivity contribution in [3.8, 4) is 5.69 Å². The number of nitrogens with one attached hydrogen (secondary N) is 2. The van der Waals surface area contributed by atoms with Crippen LogP contribution in [-0.4, -0.2) is 23.9 Å². The summed E-state index contributed by atoms with van der Waals surface area (Å²) in [7, 11) is -3.77. The smallest absolute Gasteiger partial charge is 0.261 e. The number of aromatic nitrogens is 2. The first-order chi connectivity index (χ1) is 15.8. The quantitative estimate of drug-likeness (QED) is 0.432. The minimum Gasteiger partial charge on any atom is -0.348 e. The molecule has 0 radical (unpaired) electrons. The predicted molar refractivity (Wildman–Crippen MR) is 128 cm³/mol. The van der Waals surface area contributed by atoms with Crippen molar-refractivity contribution in [2.75, 3.05) is 4.72 Å². The van der Waals surface area contributed by atoms with Crippen molar-refractivity contribution in [3.63, 3.8) is 0 Å². The molecule has 0 spiro atoms. The van der Waals surface area contributed by atoms with E-state index in [1.807, 2.05) is 42.0 Å². The highest BCUT2D eigenvalue weighted by Gasteiger charge is 2.17. The highest BCUT2D eigenvalue weighted by atomic mass is 32.2. The molecule has 0 bridgehead atoms. The largest absolute Gasteiger partial charge is 0.348 e. The third kappa shape index (κ3) is 5.12. The molecule has 0 saturated heterocycles. The number of benzene rings is 3. The Hall–Kier alpha value is -3.91. The topological polar surface area (TPSA) is 93.1 Å². The molecule has 0 fully saturated rings. The SMILES string of the molecule is Cc1ccc(S(=O)(=O)Nc2cc(C(=O)NCc3ccccc3-n3ccnc3)ccc2C)cc1. The summed E-state index contributed by atoms with van der Waals surface area (Å²) in [6.45, 7) is 3.99. The standard InChI is InChI=1S/C25H24N4O3S/c1-18-7-11-22(12-8-18)33(31,32)28-23-15-20(10-9-19(23)2)25(30)27-16-21-5-3-4-6-24(21)29-14-13-26-17-29/h3-15,17,28H,16H2,1-2H3,(H,27,30). The van der Waals surface area contributed by atoms with E-state index >= 15 is 0 Å². The highest BCUT2D eigenvalue weighted by Crippen LogP contribution is 2.22. The first-order valence-corrected chi connectivity index (χ1v) is 11.9. The fourth-order valence-corrected chi connectivity index (χ4v) is 4.51. The number of nitrogens with zero attached hydrogens (tertiary/aromatic N) is 2. The number of imidazole rings is 1. The Balaban J connectivity index is 1.51. The molecule has 1 heterocycles. The van der Waals surface area contributed by atoms with Gasteiger partial charge in [0.05, 0.1) is 22.6 Å². The van der Waals surface area contributed by atoms with Crippen LogP contribution < -0.4 is 10.0 Å². The summed E-state index contributed by atoms with van der Waals surface area (Å²) in [6.07, 6.45) is 5.24. The summed E-state index contributed by atoms with van der Waals surface area (Å²) in [4.78, 5) is 17.1. The minimum absolute atomic E-state index is 0.165. The number of carbonyl (C=O) groups is 1. The molecule has 3 aromatic carbocycles. The van der Waals surface area contributed by atoms with Crippen LogP contribution in [0.1, 0.15) is 27.0 Å². The van der Waals surface area contributed by atoms with Gasteiger partial charge in [-0.25, -0.2) is 13.4 Å². The van der Waals surface area contributed by atoms with Crippen molar-refractivity contribution in [1.29, 1.82) is 0 Å². The highest BCUT2D eigenvalue weighted by molar-refractivity contribution is 7.92. The molecule has 0 saturated carbocycles. The van der Waals surface area contributed by atoms with Gasteiger partial charge in [0.25, 0.3) is 15.9 Å². The predicted octanol–water partition coefficient (Wildman–Crippen LogP) is 4.22. The lowest BCUT2D eigenvalue weighted by Gasteiger charge is -2.14. The molecule has 4 aromatic rings. The molecule has 1 amide bonds. The van der Waals surface area contributed by atoms with Gasteiger partial charge in [-0.05, 0) is 55.3 Å². The van der Waals surface area contributed by atoms with E-state index in [-0.39, 0.29) is 10.8 Å². The van der Waals surface area contributed by atoms with Crippen molar-refractivity contribution in [3.05, 3.63) is 108 Å². The van der Waals surface area contributed by atoms with E-state index in [9.17, 15) is 13.2 Å². The lowest BCUT2D eigenvalue weighted by Crippen LogP contribution is -2.24. The lowest BCUT2D eigenvalue weighted by atomic mass is 10.1. The van der Waals surface area contributed by atoms with Gasteiger partial charge in [-0.15, -0.1) is 0 Å². The van der Waals surface area contributed by atoms with Gasteiger partial charge in [0.15, 0.2) is 0 Å². The average molecular weight is 461 g/mol. The van der Waals surface area contributed by atoms with Crippen LogP contribution in [0.15, 0.2) is 90.3 Å². The zero-order valence-electron chi connectivity index (χ0n) is 18.3. The Morgan fingerprint density at radius 1 is 1.00 bits per heavy atom. The van der Waals surface area contributed by atoms with E-state index in [4.69, 9.17) is 0 Å². The third-order valence-electron chi connectivity index (χ3n) is 5.29. The third-order valence-corrected chi connectivity index (χ3v) is 6.67. The van der Waals surface area contributed by atoms with E-state index in [1.54, 1.807) is 61.9 Å². The number of amides is 1. The Bertz CT molecular complexity index is 1380. The number of hydrogen-bond acceptors (Lipinski definition) is 4. The van der Waals surface area contributed by atoms with Crippen molar-refractivity contribution >= 4 is 21.6 Å². The molecular formula is C25H24N4O3S. The van der Waals surface area contributed by atoms with Crippen LogP contribution in [0, 0.1) is 13.8 Å². The van der Waals surface area contributed by atoms with Crippen LogP contribution in [0.3, 0.4) is 0 Å². The number of rotatable bonds is 7. The molecule has 168 valence electrons. The van der Waals surface area contributed by atoms with Gasteiger partial charge in [0.2, 0.25) is 0 Å².